The monoisotopic (exact) mass is 239 g/mol. The molecular formula is C14H29N3. The van der Waals surface area contributed by atoms with Crippen molar-refractivity contribution < 1.29 is 0 Å². The molecule has 1 unspecified atom stereocenters. The maximum absolute atomic E-state index is 5.89. The second kappa shape index (κ2) is 5.25. The van der Waals surface area contributed by atoms with Gasteiger partial charge in [0.05, 0.1) is 0 Å². The molecule has 3 heteroatoms. The van der Waals surface area contributed by atoms with E-state index in [-0.39, 0.29) is 0 Å². The van der Waals surface area contributed by atoms with E-state index in [0.717, 1.165) is 11.8 Å². The Bertz CT molecular complexity index is 240. The van der Waals surface area contributed by atoms with Gasteiger partial charge in [-0.3, -0.25) is 11.3 Å². The Morgan fingerprint density at radius 2 is 1.76 bits per heavy atom. The van der Waals surface area contributed by atoms with Crippen LogP contribution in [0.3, 0.4) is 0 Å². The van der Waals surface area contributed by atoms with E-state index in [0.29, 0.717) is 11.6 Å². The second-order valence-corrected chi connectivity index (χ2v) is 6.52. The third-order valence-electron chi connectivity index (χ3n) is 5.41. The van der Waals surface area contributed by atoms with Crippen LogP contribution in [-0.2, 0) is 0 Å². The summed E-state index contributed by atoms with van der Waals surface area (Å²) in [4.78, 5) is 2.45. The lowest BCUT2D eigenvalue weighted by atomic mass is 9.64. The van der Waals surface area contributed by atoms with Crippen molar-refractivity contribution in [3.05, 3.63) is 0 Å². The van der Waals surface area contributed by atoms with E-state index in [1.807, 2.05) is 0 Å². The number of rotatable bonds is 4. The van der Waals surface area contributed by atoms with Gasteiger partial charge in [0, 0.05) is 11.6 Å². The van der Waals surface area contributed by atoms with Crippen LogP contribution in [0.15, 0.2) is 0 Å². The number of nitrogens with two attached hydrogens (primary N) is 1. The maximum atomic E-state index is 5.89. The van der Waals surface area contributed by atoms with Gasteiger partial charge < -0.3 is 4.90 Å². The van der Waals surface area contributed by atoms with Gasteiger partial charge in [-0.2, -0.15) is 0 Å². The minimum atomic E-state index is 0.298. The smallest absolute Gasteiger partial charge is 0.0422 e. The molecule has 0 aromatic heterocycles. The number of hydrogen-bond donors (Lipinski definition) is 2. The number of nitrogens with zero attached hydrogens (tertiary/aromatic N) is 1. The topological polar surface area (TPSA) is 41.3 Å². The van der Waals surface area contributed by atoms with Crippen LogP contribution in [0.4, 0.5) is 0 Å². The average molecular weight is 239 g/mol. The lowest BCUT2D eigenvalue weighted by Crippen LogP contribution is -2.65. The molecule has 0 spiro atoms. The Morgan fingerprint density at radius 3 is 2.12 bits per heavy atom. The normalized spacial score (nSPS) is 36.9. The lowest BCUT2D eigenvalue weighted by Gasteiger charge is -2.53. The van der Waals surface area contributed by atoms with Crippen molar-refractivity contribution in [1.29, 1.82) is 0 Å². The predicted molar refractivity (Wildman–Crippen MR) is 72.5 cm³/mol. The number of nitrogens with one attached hydrogen (secondary N) is 1. The molecule has 0 aliphatic heterocycles. The number of hydrazine groups is 1. The van der Waals surface area contributed by atoms with Gasteiger partial charge >= 0.3 is 0 Å². The summed E-state index contributed by atoms with van der Waals surface area (Å²) < 4.78 is 0. The number of hydrogen-bond acceptors (Lipinski definition) is 3. The van der Waals surface area contributed by atoms with Crippen molar-refractivity contribution in [1.82, 2.24) is 10.3 Å². The second-order valence-electron chi connectivity index (χ2n) is 6.52. The molecule has 0 amide bonds. The fraction of sp³-hybridized carbons (Fsp3) is 1.00. The maximum Gasteiger partial charge on any atom is 0.0422 e. The molecular weight excluding hydrogens is 210 g/mol. The summed E-state index contributed by atoms with van der Waals surface area (Å²) in [5, 5.41) is 0. The highest BCUT2D eigenvalue weighted by molar-refractivity contribution is 5.04. The van der Waals surface area contributed by atoms with Crippen molar-refractivity contribution in [2.75, 3.05) is 14.1 Å². The first-order valence-corrected chi connectivity index (χ1v) is 7.23. The Hall–Kier alpha value is -0.120. The van der Waals surface area contributed by atoms with Crippen molar-refractivity contribution in [3.8, 4) is 0 Å². The Morgan fingerprint density at radius 1 is 1.18 bits per heavy atom. The quantitative estimate of drug-likeness (QED) is 0.583. The van der Waals surface area contributed by atoms with Crippen LogP contribution < -0.4 is 11.3 Å². The zero-order chi connectivity index (χ0) is 12.5. The van der Waals surface area contributed by atoms with Crippen molar-refractivity contribution >= 4 is 0 Å². The molecule has 0 radical (unpaired) electrons. The summed E-state index contributed by atoms with van der Waals surface area (Å²) in [6, 6.07) is 0.485. The molecule has 0 heterocycles. The van der Waals surface area contributed by atoms with E-state index in [9.17, 15) is 0 Å². The van der Waals surface area contributed by atoms with E-state index >= 15 is 0 Å². The molecule has 0 saturated heterocycles. The summed E-state index contributed by atoms with van der Waals surface area (Å²) in [5.41, 5.74) is 3.47. The van der Waals surface area contributed by atoms with Crippen LogP contribution in [0.2, 0.25) is 0 Å². The molecule has 2 rings (SSSR count). The summed E-state index contributed by atoms with van der Waals surface area (Å²) in [6.45, 7) is 2.38. The SMILES string of the molecule is CC1CCC(C(NN)C2CCC2)(N(C)C)CC1. The van der Waals surface area contributed by atoms with E-state index < -0.39 is 0 Å². The zero-order valence-electron chi connectivity index (χ0n) is 11.7. The molecule has 0 aromatic carbocycles. The first-order chi connectivity index (χ1) is 8.10. The molecule has 2 aliphatic rings. The first kappa shape index (κ1) is 13.3. The minimum absolute atomic E-state index is 0.298. The predicted octanol–water partition coefficient (Wildman–Crippen LogP) is 2.13. The lowest BCUT2D eigenvalue weighted by molar-refractivity contribution is 0.00423. The average Bonchev–Trinajstić information content (AvgIpc) is 2.24. The Labute approximate surface area is 106 Å². The fourth-order valence-electron chi connectivity index (χ4n) is 3.80. The van der Waals surface area contributed by atoms with Gasteiger partial charge in [-0.15, -0.1) is 0 Å². The molecule has 2 aliphatic carbocycles. The van der Waals surface area contributed by atoms with Gasteiger partial charge in [-0.05, 0) is 64.5 Å². The fourth-order valence-corrected chi connectivity index (χ4v) is 3.80. The van der Waals surface area contributed by atoms with Crippen molar-refractivity contribution in [3.63, 3.8) is 0 Å². The largest absolute Gasteiger partial charge is 0.302 e. The van der Waals surface area contributed by atoms with Crippen LogP contribution in [0.1, 0.15) is 51.9 Å². The molecule has 1 atom stereocenters. The zero-order valence-corrected chi connectivity index (χ0v) is 11.7. The summed E-state index contributed by atoms with van der Waals surface area (Å²) >= 11 is 0. The summed E-state index contributed by atoms with van der Waals surface area (Å²) in [6.07, 6.45) is 9.41. The highest BCUT2D eigenvalue weighted by Crippen LogP contribution is 2.43. The van der Waals surface area contributed by atoms with Gasteiger partial charge in [0.15, 0.2) is 0 Å². The Kier molecular flexibility index (Phi) is 4.11. The van der Waals surface area contributed by atoms with Crippen LogP contribution >= 0.6 is 0 Å². The van der Waals surface area contributed by atoms with Gasteiger partial charge in [-0.25, -0.2) is 0 Å². The molecule has 0 bridgehead atoms. The van der Waals surface area contributed by atoms with Crippen LogP contribution in [0.5, 0.6) is 0 Å². The molecule has 0 aromatic rings. The van der Waals surface area contributed by atoms with Crippen LogP contribution in [-0.4, -0.2) is 30.6 Å². The highest BCUT2D eigenvalue weighted by Gasteiger charge is 2.46. The molecule has 100 valence electrons. The van der Waals surface area contributed by atoms with Gasteiger partial charge in [0.2, 0.25) is 0 Å². The molecule has 3 N–H and O–H groups in total. The molecule has 2 fully saturated rings. The third-order valence-corrected chi connectivity index (χ3v) is 5.41. The van der Waals surface area contributed by atoms with Gasteiger partial charge in [0.1, 0.15) is 0 Å². The van der Waals surface area contributed by atoms with Gasteiger partial charge in [0.25, 0.3) is 0 Å². The third kappa shape index (κ3) is 2.38. The van der Waals surface area contributed by atoms with Crippen LogP contribution in [0.25, 0.3) is 0 Å². The highest BCUT2D eigenvalue weighted by atomic mass is 15.3. The van der Waals surface area contributed by atoms with Crippen molar-refractivity contribution in [2.24, 2.45) is 17.7 Å². The van der Waals surface area contributed by atoms with E-state index in [2.05, 4.69) is 31.3 Å². The van der Waals surface area contributed by atoms with Crippen molar-refractivity contribution in [2.45, 2.75) is 63.5 Å². The number of likely N-dealkylation sites (N-methyl/N-ethyl adjacent to an activating group) is 1. The minimum Gasteiger partial charge on any atom is -0.302 e. The standard InChI is InChI=1S/C14H29N3/c1-11-7-9-14(10-8-11,17(2)3)13(16-15)12-5-4-6-12/h11-13,16H,4-10,15H2,1-3H3. The molecule has 17 heavy (non-hydrogen) atoms. The van der Waals surface area contributed by atoms with Crippen LogP contribution in [0, 0.1) is 11.8 Å². The summed E-state index contributed by atoms with van der Waals surface area (Å²) in [7, 11) is 4.47. The van der Waals surface area contributed by atoms with E-state index in [1.54, 1.807) is 0 Å². The van der Waals surface area contributed by atoms with Gasteiger partial charge in [-0.1, -0.05) is 13.3 Å². The first-order valence-electron chi connectivity index (χ1n) is 7.23. The Balaban J connectivity index is 2.14. The van der Waals surface area contributed by atoms with E-state index in [1.165, 1.54) is 44.9 Å². The molecule has 3 nitrogen and oxygen atoms in total. The summed E-state index contributed by atoms with van der Waals surface area (Å²) in [5.74, 6) is 7.59. The van der Waals surface area contributed by atoms with E-state index in [4.69, 9.17) is 5.84 Å². The molecule has 2 saturated carbocycles.